The molecule has 2 aliphatic rings. The van der Waals surface area contributed by atoms with Crippen molar-refractivity contribution in [2.45, 2.75) is 44.3 Å². The van der Waals surface area contributed by atoms with Crippen LogP contribution in [0.5, 0.6) is 0 Å². The number of nitrogens with zero attached hydrogens (tertiary/aromatic N) is 2. The molecule has 0 amide bonds. The van der Waals surface area contributed by atoms with E-state index in [0.29, 0.717) is 12.1 Å². The minimum atomic E-state index is 0.421. The molecule has 0 radical (unpaired) electrons. The second-order valence-electron chi connectivity index (χ2n) is 7.00. The number of hydrogen-bond donors (Lipinski definition) is 3. The quantitative estimate of drug-likeness (QED) is 0.709. The lowest BCUT2D eigenvalue weighted by atomic mass is 9.83. The van der Waals surface area contributed by atoms with Gasteiger partial charge in [0.2, 0.25) is 0 Å². The molecule has 2 heterocycles. The zero-order valence-corrected chi connectivity index (χ0v) is 14.6. The number of para-hydroxylation sites is 2. The molecule has 0 bridgehead atoms. The molecule has 132 valence electrons. The average Bonchev–Trinajstić information content (AvgIpc) is 3.04. The highest BCUT2D eigenvalue weighted by atomic mass is 15.2. The number of nitrogens with two attached hydrogens (primary N) is 1. The predicted molar refractivity (Wildman–Crippen MR) is 102 cm³/mol. The molecule has 1 aliphatic carbocycles. The van der Waals surface area contributed by atoms with Crippen molar-refractivity contribution in [2.75, 3.05) is 13.1 Å². The number of aromatic amines is 1. The number of aromatic nitrogens is 2. The lowest BCUT2D eigenvalue weighted by Gasteiger charge is -2.43. The first-order valence-corrected chi connectivity index (χ1v) is 9.35. The summed E-state index contributed by atoms with van der Waals surface area (Å²) < 4.78 is 0. The van der Waals surface area contributed by atoms with Crippen molar-refractivity contribution >= 4 is 11.0 Å². The number of hydrogen-bond acceptors (Lipinski definition) is 4. The normalized spacial score (nSPS) is 22.9. The Morgan fingerprint density at radius 1 is 1.32 bits per heavy atom. The molecule has 25 heavy (non-hydrogen) atoms. The van der Waals surface area contributed by atoms with Gasteiger partial charge in [0.05, 0.1) is 23.6 Å². The first kappa shape index (κ1) is 16.4. The molecule has 1 aromatic carbocycles. The van der Waals surface area contributed by atoms with E-state index in [-0.39, 0.29) is 0 Å². The van der Waals surface area contributed by atoms with Gasteiger partial charge in [0, 0.05) is 12.2 Å². The van der Waals surface area contributed by atoms with Crippen LogP contribution in [0.2, 0.25) is 0 Å². The molecule has 4 rings (SSSR count). The van der Waals surface area contributed by atoms with E-state index in [2.05, 4.69) is 45.7 Å². The molecule has 1 aromatic heterocycles. The van der Waals surface area contributed by atoms with Crippen molar-refractivity contribution in [3.8, 4) is 0 Å². The van der Waals surface area contributed by atoms with E-state index in [9.17, 15) is 0 Å². The molecule has 0 saturated heterocycles. The number of imidazole rings is 1. The van der Waals surface area contributed by atoms with Crippen molar-refractivity contribution in [3.05, 3.63) is 54.0 Å². The van der Waals surface area contributed by atoms with Gasteiger partial charge in [-0.3, -0.25) is 0 Å². The Bertz CT molecular complexity index is 742. The summed E-state index contributed by atoms with van der Waals surface area (Å²) in [6, 6.07) is 9.13. The first-order valence-electron chi connectivity index (χ1n) is 9.35. The maximum Gasteiger partial charge on any atom is 0.126 e. The molecule has 5 nitrogen and oxygen atoms in total. The molecule has 0 spiro atoms. The molecular weight excluding hydrogens is 310 g/mol. The third-order valence-electron chi connectivity index (χ3n) is 5.24. The summed E-state index contributed by atoms with van der Waals surface area (Å²) >= 11 is 0. The van der Waals surface area contributed by atoms with E-state index in [1.165, 1.54) is 24.8 Å². The molecule has 2 atom stereocenters. The number of benzene rings is 1. The Hall–Kier alpha value is -2.11. The lowest BCUT2D eigenvalue weighted by Crippen LogP contribution is -2.52. The van der Waals surface area contributed by atoms with Gasteiger partial charge in [-0.25, -0.2) is 4.98 Å². The number of allylic oxidation sites excluding steroid dienone is 2. The lowest BCUT2D eigenvalue weighted by molar-refractivity contribution is 0.203. The van der Waals surface area contributed by atoms with E-state index in [4.69, 9.17) is 10.7 Å². The van der Waals surface area contributed by atoms with Crippen LogP contribution in [0.25, 0.3) is 11.0 Å². The highest BCUT2D eigenvalue weighted by Gasteiger charge is 2.33. The van der Waals surface area contributed by atoms with Crippen LogP contribution < -0.4 is 11.1 Å². The Kier molecular flexibility index (Phi) is 4.85. The van der Waals surface area contributed by atoms with Gasteiger partial charge in [-0.05, 0) is 62.6 Å². The average molecular weight is 337 g/mol. The van der Waals surface area contributed by atoms with Gasteiger partial charge in [0.15, 0.2) is 0 Å². The number of fused-ring (bicyclic) bond motifs is 2. The molecule has 1 saturated carbocycles. The minimum absolute atomic E-state index is 0.421. The van der Waals surface area contributed by atoms with Crippen LogP contribution in [0.4, 0.5) is 0 Å². The molecule has 1 fully saturated rings. The fraction of sp³-hybridized carbons (Fsp3) is 0.450. The van der Waals surface area contributed by atoms with E-state index in [0.717, 1.165) is 42.9 Å². The topological polar surface area (TPSA) is 70.0 Å². The van der Waals surface area contributed by atoms with Gasteiger partial charge in [-0.2, -0.15) is 0 Å². The Morgan fingerprint density at radius 3 is 3.12 bits per heavy atom. The molecular formula is C20H27N5. The largest absolute Gasteiger partial charge is 0.362 e. The van der Waals surface area contributed by atoms with E-state index in [1.54, 1.807) is 0 Å². The van der Waals surface area contributed by atoms with Crippen molar-refractivity contribution in [1.82, 2.24) is 20.2 Å². The Balaban J connectivity index is 1.52. The van der Waals surface area contributed by atoms with Crippen LogP contribution in [-0.2, 0) is 6.54 Å². The maximum atomic E-state index is 5.66. The van der Waals surface area contributed by atoms with Gasteiger partial charge in [-0.1, -0.05) is 18.2 Å². The van der Waals surface area contributed by atoms with Gasteiger partial charge >= 0.3 is 0 Å². The zero-order chi connectivity index (χ0) is 17.1. The molecule has 5 heteroatoms. The second-order valence-corrected chi connectivity index (χ2v) is 7.00. The van der Waals surface area contributed by atoms with Crippen molar-refractivity contribution in [3.63, 3.8) is 0 Å². The first-order chi connectivity index (χ1) is 12.3. The van der Waals surface area contributed by atoms with Gasteiger partial charge in [-0.15, -0.1) is 0 Å². The maximum absolute atomic E-state index is 5.66. The SMILES string of the molecule is NCCCNC1CCCC2=CC=CN(Cc3nc4ccccc4[nH]3)C21. The number of rotatable bonds is 6. The molecule has 2 unspecified atom stereocenters. The molecule has 1 aliphatic heterocycles. The van der Waals surface area contributed by atoms with Gasteiger partial charge in [0.25, 0.3) is 0 Å². The summed E-state index contributed by atoms with van der Waals surface area (Å²) in [5.41, 5.74) is 9.34. The second kappa shape index (κ2) is 7.42. The van der Waals surface area contributed by atoms with Crippen LogP contribution in [0.3, 0.4) is 0 Å². The Morgan fingerprint density at radius 2 is 2.24 bits per heavy atom. The van der Waals surface area contributed by atoms with Crippen LogP contribution in [-0.4, -0.2) is 40.0 Å². The van der Waals surface area contributed by atoms with Crippen LogP contribution in [0.1, 0.15) is 31.5 Å². The summed E-state index contributed by atoms with van der Waals surface area (Å²) in [4.78, 5) is 10.7. The monoisotopic (exact) mass is 337 g/mol. The fourth-order valence-corrected chi connectivity index (χ4v) is 4.09. The summed E-state index contributed by atoms with van der Waals surface area (Å²) in [5, 5.41) is 3.74. The van der Waals surface area contributed by atoms with Gasteiger partial charge in [0.1, 0.15) is 5.82 Å². The summed E-state index contributed by atoms with van der Waals surface area (Å²) in [6.07, 6.45) is 11.4. The van der Waals surface area contributed by atoms with Crippen molar-refractivity contribution < 1.29 is 0 Å². The van der Waals surface area contributed by atoms with Crippen LogP contribution in [0, 0.1) is 0 Å². The molecule has 4 N–H and O–H groups in total. The van der Waals surface area contributed by atoms with Crippen molar-refractivity contribution in [1.29, 1.82) is 0 Å². The summed E-state index contributed by atoms with van der Waals surface area (Å²) in [7, 11) is 0. The molecule has 2 aromatic rings. The van der Waals surface area contributed by atoms with Crippen LogP contribution in [0.15, 0.2) is 48.2 Å². The highest BCUT2D eigenvalue weighted by molar-refractivity contribution is 5.74. The number of H-pyrrole nitrogens is 1. The van der Waals surface area contributed by atoms with E-state index in [1.807, 2.05) is 12.1 Å². The minimum Gasteiger partial charge on any atom is -0.362 e. The van der Waals surface area contributed by atoms with E-state index >= 15 is 0 Å². The zero-order valence-electron chi connectivity index (χ0n) is 14.6. The fourth-order valence-electron chi connectivity index (χ4n) is 4.09. The Labute approximate surface area is 149 Å². The summed E-state index contributed by atoms with van der Waals surface area (Å²) in [6.45, 7) is 2.55. The third kappa shape index (κ3) is 3.48. The van der Waals surface area contributed by atoms with Crippen LogP contribution >= 0.6 is 0 Å². The predicted octanol–water partition coefficient (Wildman–Crippen LogP) is 2.68. The number of nitrogens with one attached hydrogen (secondary N) is 2. The highest BCUT2D eigenvalue weighted by Crippen LogP contribution is 2.32. The smallest absolute Gasteiger partial charge is 0.126 e. The van der Waals surface area contributed by atoms with Crippen molar-refractivity contribution in [2.24, 2.45) is 5.73 Å². The third-order valence-corrected chi connectivity index (χ3v) is 5.24. The standard InChI is InChI=1S/C20H27N5/c21-11-5-12-22-18-10-3-6-15-7-4-13-25(20(15)18)14-19-23-16-8-1-2-9-17(16)24-19/h1-2,4,7-9,13,18,20,22H,3,5-6,10-12,14,21H2,(H,23,24). The van der Waals surface area contributed by atoms with E-state index < -0.39 is 0 Å². The van der Waals surface area contributed by atoms with Gasteiger partial charge < -0.3 is 20.9 Å². The summed E-state index contributed by atoms with van der Waals surface area (Å²) in [5.74, 6) is 1.03.